The number of nitrogens with zero attached hydrogens (tertiary/aromatic N) is 1. The van der Waals surface area contributed by atoms with E-state index in [0.29, 0.717) is 0 Å². The molecule has 3 rings (SSSR count). The highest BCUT2D eigenvalue weighted by atomic mass is 32.2. The summed E-state index contributed by atoms with van der Waals surface area (Å²) >= 11 is 1.61. The van der Waals surface area contributed by atoms with Crippen molar-refractivity contribution in [1.29, 1.82) is 0 Å². The molecule has 0 fully saturated rings. The molecule has 13 heavy (non-hydrogen) atoms. The van der Waals surface area contributed by atoms with Gasteiger partial charge in [0.15, 0.2) is 0 Å². The third kappa shape index (κ3) is 0.954. The van der Waals surface area contributed by atoms with E-state index in [1.54, 1.807) is 11.9 Å². The molecule has 64 valence electrons. The first-order valence-corrected chi connectivity index (χ1v) is 4.82. The number of benzene rings is 1. The second kappa shape index (κ2) is 2.53. The maximum atomic E-state index is 4.00. The Hall–Kier alpha value is -1.42. The van der Waals surface area contributed by atoms with Crippen molar-refractivity contribution in [3.05, 3.63) is 30.5 Å². The number of fused-ring (bicyclic) bond motifs is 3. The van der Waals surface area contributed by atoms with Crippen LogP contribution in [-0.2, 0) is 0 Å². The number of aromatic nitrogens is 2. The Kier molecular flexibility index (Phi) is 1.37. The Morgan fingerprint density at radius 2 is 2.08 bits per heavy atom. The first-order valence-electron chi connectivity index (χ1n) is 4.01. The van der Waals surface area contributed by atoms with E-state index in [2.05, 4.69) is 27.1 Å². The van der Waals surface area contributed by atoms with Crippen molar-refractivity contribution >= 4 is 17.8 Å². The van der Waals surface area contributed by atoms with Crippen molar-refractivity contribution in [3.8, 4) is 11.1 Å². The Bertz CT molecular complexity index is 450. The minimum Gasteiger partial charge on any atom is -0.310 e. The van der Waals surface area contributed by atoms with Crippen LogP contribution in [0.3, 0.4) is 0 Å². The van der Waals surface area contributed by atoms with Crippen LogP contribution in [0.25, 0.3) is 11.1 Å². The van der Waals surface area contributed by atoms with Crippen molar-refractivity contribution in [2.24, 2.45) is 0 Å². The van der Waals surface area contributed by atoms with Gasteiger partial charge in [0.2, 0.25) is 0 Å². The number of aromatic amines is 1. The second-order valence-electron chi connectivity index (χ2n) is 2.86. The van der Waals surface area contributed by atoms with Crippen LogP contribution in [0.15, 0.2) is 35.4 Å². The van der Waals surface area contributed by atoms with E-state index in [4.69, 9.17) is 0 Å². The lowest BCUT2D eigenvalue weighted by Crippen LogP contribution is -1.96. The molecule has 4 heteroatoms. The van der Waals surface area contributed by atoms with Crippen molar-refractivity contribution in [2.75, 3.05) is 4.72 Å². The molecule has 3 nitrogen and oxygen atoms in total. The quantitative estimate of drug-likeness (QED) is 0.625. The summed E-state index contributed by atoms with van der Waals surface area (Å²) in [5.74, 6) is 0.990. The van der Waals surface area contributed by atoms with Gasteiger partial charge in [-0.05, 0) is 18.0 Å². The summed E-state index contributed by atoms with van der Waals surface area (Å²) in [5.41, 5.74) is 2.39. The average molecular weight is 189 g/mol. The van der Waals surface area contributed by atoms with Crippen LogP contribution in [0.4, 0.5) is 5.82 Å². The molecule has 0 aliphatic carbocycles. The Morgan fingerprint density at radius 1 is 1.15 bits per heavy atom. The van der Waals surface area contributed by atoms with Gasteiger partial charge in [0, 0.05) is 16.0 Å². The number of hydrogen-bond acceptors (Lipinski definition) is 3. The van der Waals surface area contributed by atoms with Gasteiger partial charge < -0.3 is 4.72 Å². The molecular weight excluding hydrogens is 182 g/mol. The van der Waals surface area contributed by atoms with Crippen LogP contribution in [0.1, 0.15) is 0 Å². The van der Waals surface area contributed by atoms with E-state index in [0.717, 1.165) is 11.4 Å². The second-order valence-corrected chi connectivity index (χ2v) is 3.71. The summed E-state index contributed by atoms with van der Waals surface area (Å²) in [7, 11) is 0. The van der Waals surface area contributed by atoms with E-state index < -0.39 is 0 Å². The van der Waals surface area contributed by atoms with Gasteiger partial charge in [-0.3, -0.25) is 5.10 Å². The molecule has 0 bridgehead atoms. The van der Waals surface area contributed by atoms with Gasteiger partial charge >= 0.3 is 0 Å². The predicted octanol–water partition coefficient (Wildman–Crippen LogP) is 2.51. The minimum atomic E-state index is 0.990. The van der Waals surface area contributed by atoms with Gasteiger partial charge in [0.1, 0.15) is 5.82 Å². The first kappa shape index (κ1) is 7.03. The van der Waals surface area contributed by atoms with E-state index in [9.17, 15) is 0 Å². The fraction of sp³-hybridized carbons (Fsp3) is 0. The van der Waals surface area contributed by atoms with Crippen molar-refractivity contribution in [3.63, 3.8) is 0 Å². The van der Waals surface area contributed by atoms with Crippen LogP contribution in [-0.4, -0.2) is 10.2 Å². The molecule has 2 aromatic rings. The molecule has 2 heterocycles. The average Bonchev–Trinajstić information content (AvgIpc) is 2.65. The third-order valence-corrected chi connectivity index (χ3v) is 2.96. The maximum Gasteiger partial charge on any atom is 0.139 e. The smallest absolute Gasteiger partial charge is 0.139 e. The van der Waals surface area contributed by atoms with Gasteiger partial charge in [0.25, 0.3) is 0 Å². The highest BCUT2D eigenvalue weighted by Gasteiger charge is 2.16. The molecule has 0 unspecified atom stereocenters. The Labute approximate surface area is 79.7 Å². The van der Waals surface area contributed by atoms with Gasteiger partial charge in [0.05, 0.1) is 6.20 Å². The lowest BCUT2D eigenvalue weighted by molar-refractivity contribution is 1.10. The number of rotatable bonds is 0. The summed E-state index contributed by atoms with van der Waals surface area (Å²) in [6.45, 7) is 0. The van der Waals surface area contributed by atoms with Crippen molar-refractivity contribution in [2.45, 2.75) is 4.90 Å². The highest BCUT2D eigenvalue weighted by Crippen LogP contribution is 2.40. The fourth-order valence-corrected chi connectivity index (χ4v) is 2.25. The summed E-state index contributed by atoms with van der Waals surface area (Å²) < 4.78 is 3.20. The lowest BCUT2D eigenvalue weighted by atomic mass is 10.1. The molecule has 0 saturated carbocycles. The molecule has 0 spiro atoms. The number of anilines is 1. The zero-order valence-corrected chi connectivity index (χ0v) is 7.56. The van der Waals surface area contributed by atoms with E-state index in [-0.39, 0.29) is 0 Å². The fourth-order valence-electron chi connectivity index (χ4n) is 1.45. The molecule has 1 aromatic heterocycles. The maximum absolute atomic E-state index is 4.00. The van der Waals surface area contributed by atoms with Crippen molar-refractivity contribution in [1.82, 2.24) is 10.2 Å². The monoisotopic (exact) mass is 189 g/mol. The molecule has 0 amide bonds. The van der Waals surface area contributed by atoms with Gasteiger partial charge in [-0.15, -0.1) is 0 Å². The molecule has 1 aliphatic heterocycles. The summed E-state index contributed by atoms with van der Waals surface area (Å²) in [6, 6.07) is 8.29. The molecular formula is C9H7N3S. The number of nitrogens with one attached hydrogen (secondary N) is 2. The summed E-state index contributed by atoms with van der Waals surface area (Å²) in [4.78, 5) is 1.25. The molecule has 0 atom stereocenters. The zero-order valence-electron chi connectivity index (χ0n) is 6.74. The Morgan fingerprint density at radius 3 is 3.08 bits per heavy atom. The van der Waals surface area contributed by atoms with Crippen LogP contribution in [0.5, 0.6) is 0 Å². The van der Waals surface area contributed by atoms with Crippen molar-refractivity contribution < 1.29 is 0 Å². The Balaban J connectivity index is 2.30. The van der Waals surface area contributed by atoms with E-state index >= 15 is 0 Å². The first-order chi connectivity index (χ1) is 6.45. The molecule has 1 aliphatic rings. The van der Waals surface area contributed by atoms with Crippen LogP contribution < -0.4 is 4.72 Å². The molecule has 0 saturated heterocycles. The third-order valence-electron chi connectivity index (χ3n) is 2.08. The SMILES string of the molecule is c1ccc2c(c1)SNc1[nH]ncc1-2. The van der Waals surface area contributed by atoms with Gasteiger partial charge in [-0.2, -0.15) is 5.10 Å². The standard InChI is InChI=1S/C9H7N3S/c1-2-4-8-6(3-1)7-5-10-11-9(7)12-13-8/h1-5H,(H2,10,11,12). The normalized spacial score (nSPS) is 12.9. The van der Waals surface area contributed by atoms with Crippen LogP contribution in [0, 0.1) is 0 Å². The van der Waals surface area contributed by atoms with Crippen LogP contribution in [0.2, 0.25) is 0 Å². The summed E-state index contributed by atoms with van der Waals surface area (Å²) in [5, 5.41) is 6.92. The van der Waals surface area contributed by atoms with E-state index in [1.807, 2.05) is 18.3 Å². The minimum absolute atomic E-state index is 0.990. The number of hydrogen-bond donors (Lipinski definition) is 2. The van der Waals surface area contributed by atoms with Gasteiger partial charge in [-0.1, -0.05) is 18.2 Å². The van der Waals surface area contributed by atoms with Crippen LogP contribution >= 0.6 is 11.9 Å². The highest BCUT2D eigenvalue weighted by molar-refractivity contribution is 8.00. The van der Waals surface area contributed by atoms with Gasteiger partial charge in [-0.25, -0.2) is 0 Å². The largest absolute Gasteiger partial charge is 0.310 e. The lowest BCUT2D eigenvalue weighted by Gasteiger charge is -2.15. The molecule has 0 radical (unpaired) electrons. The predicted molar refractivity (Wildman–Crippen MR) is 53.5 cm³/mol. The topological polar surface area (TPSA) is 40.7 Å². The molecule has 1 aromatic carbocycles. The summed E-state index contributed by atoms with van der Waals surface area (Å²) in [6.07, 6.45) is 1.85. The number of H-pyrrole nitrogens is 1. The van der Waals surface area contributed by atoms with E-state index in [1.165, 1.54) is 10.5 Å². The molecule has 2 N–H and O–H groups in total. The zero-order chi connectivity index (χ0) is 8.67.